The van der Waals surface area contributed by atoms with Crippen LogP contribution in [0, 0.1) is 13.8 Å². The monoisotopic (exact) mass is 358 g/mol. The minimum Gasteiger partial charge on any atom is -0.383 e. The summed E-state index contributed by atoms with van der Waals surface area (Å²) in [6, 6.07) is 7.89. The summed E-state index contributed by atoms with van der Waals surface area (Å²) in [6.45, 7) is 6.72. The van der Waals surface area contributed by atoms with Crippen molar-refractivity contribution < 1.29 is 9.53 Å². The lowest BCUT2D eigenvalue weighted by molar-refractivity contribution is 0.102. The van der Waals surface area contributed by atoms with E-state index in [-0.39, 0.29) is 11.8 Å². The zero-order chi connectivity index (χ0) is 18.0. The molecule has 1 atom stereocenters. The number of carbonyl (C=O) groups is 1. The Labute approximate surface area is 151 Å². The Morgan fingerprint density at radius 3 is 2.88 bits per heavy atom. The molecule has 0 fully saturated rings. The summed E-state index contributed by atoms with van der Waals surface area (Å²) in [5.41, 5.74) is 3.60. The molecule has 3 rings (SSSR count). The van der Waals surface area contributed by atoms with Gasteiger partial charge >= 0.3 is 0 Å². The van der Waals surface area contributed by atoms with Crippen LogP contribution in [0.3, 0.4) is 0 Å². The summed E-state index contributed by atoms with van der Waals surface area (Å²) >= 11 is 1.41. The number of Topliss-reactive ketones (excluding diaryl/α,β-unsaturated/α-hetero) is 1. The van der Waals surface area contributed by atoms with Gasteiger partial charge in [0.25, 0.3) is 0 Å². The number of methoxy groups -OCH3 is 1. The van der Waals surface area contributed by atoms with Crippen molar-refractivity contribution in [2.75, 3.05) is 19.5 Å². The summed E-state index contributed by atoms with van der Waals surface area (Å²) in [5.74, 6) is 0.431. The quantitative estimate of drug-likeness (QED) is 0.479. The number of fused-ring (bicyclic) bond motifs is 1. The highest BCUT2D eigenvalue weighted by Gasteiger charge is 2.19. The zero-order valence-corrected chi connectivity index (χ0v) is 15.7. The Hall–Kier alpha value is -2.12. The average Bonchev–Trinajstić information content (AvgIpc) is 3.13. The fourth-order valence-corrected chi connectivity index (χ4v) is 3.99. The van der Waals surface area contributed by atoms with Gasteiger partial charge in [0, 0.05) is 30.3 Å². The summed E-state index contributed by atoms with van der Waals surface area (Å²) < 4.78 is 9.30. The van der Waals surface area contributed by atoms with Gasteiger partial charge < -0.3 is 9.30 Å². The maximum atomic E-state index is 12.7. The van der Waals surface area contributed by atoms with E-state index in [1.807, 2.05) is 48.7 Å². The molecule has 0 bridgehead atoms. The van der Waals surface area contributed by atoms with Crippen molar-refractivity contribution in [1.29, 1.82) is 0 Å². The fourth-order valence-electron chi connectivity index (χ4n) is 3.18. The minimum absolute atomic E-state index is 0.0987. The van der Waals surface area contributed by atoms with E-state index >= 15 is 0 Å². The lowest BCUT2D eigenvalue weighted by atomic mass is 10.2. The van der Waals surface area contributed by atoms with Crippen LogP contribution in [-0.2, 0) is 4.74 Å². The van der Waals surface area contributed by atoms with Crippen LogP contribution >= 0.6 is 11.8 Å². The van der Waals surface area contributed by atoms with E-state index in [9.17, 15) is 4.79 Å². The highest BCUT2D eigenvalue weighted by molar-refractivity contribution is 7.99. The van der Waals surface area contributed by atoms with Crippen molar-refractivity contribution in [2.24, 2.45) is 0 Å². The molecular formula is C18H22N4O2S. The number of hydrogen-bond acceptors (Lipinski definition) is 5. The van der Waals surface area contributed by atoms with E-state index in [4.69, 9.17) is 4.74 Å². The predicted molar refractivity (Wildman–Crippen MR) is 98.5 cm³/mol. The van der Waals surface area contributed by atoms with Crippen molar-refractivity contribution >= 4 is 23.2 Å². The number of hydrogen-bond donors (Lipinski definition) is 0. The first kappa shape index (κ1) is 17.7. The molecule has 0 aliphatic rings. The number of aryl methyl sites for hydroxylation is 1. The van der Waals surface area contributed by atoms with Gasteiger partial charge in [-0.2, -0.15) is 0 Å². The van der Waals surface area contributed by atoms with Crippen molar-refractivity contribution in [3.63, 3.8) is 0 Å². The summed E-state index contributed by atoms with van der Waals surface area (Å²) in [5, 5.41) is 9.00. The summed E-state index contributed by atoms with van der Waals surface area (Å²) in [6.07, 6.45) is 1.90. The zero-order valence-electron chi connectivity index (χ0n) is 14.9. The SMILES string of the molecule is COC[C@H](C)n1c(C)cc(C(=O)CSc2nnc3ccccn23)c1C. The van der Waals surface area contributed by atoms with E-state index < -0.39 is 0 Å². The molecule has 0 radical (unpaired) electrons. The molecular weight excluding hydrogens is 336 g/mol. The molecule has 0 aromatic carbocycles. The first-order valence-corrected chi connectivity index (χ1v) is 9.14. The van der Waals surface area contributed by atoms with Crippen LogP contribution in [0.5, 0.6) is 0 Å². The van der Waals surface area contributed by atoms with Gasteiger partial charge in [-0.1, -0.05) is 17.8 Å². The second-order valence-corrected chi connectivity index (χ2v) is 7.02. The van der Waals surface area contributed by atoms with E-state index in [0.717, 1.165) is 27.8 Å². The van der Waals surface area contributed by atoms with Crippen molar-refractivity contribution in [3.05, 3.63) is 47.4 Å². The average molecular weight is 358 g/mol. The lowest BCUT2D eigenvalue weighted by Gasteiger charge is -2.17. The normalized spacial score (nSPS) is 12.6. The molecule has 6 nitrogen and oxygen atoms in total. The number of aromatic nitrogens is 4. The maximum Gasteiger partial charge on any atom is 0.196 e. The molecule has 0 aliphatic carbocycles. The number of nitrogens with zero attached hydrogens (tertiary/aromatic N) is 4. The third kappa shape index (κ3) is 3.48. The highest BCUT2D eigenvalue weighted by Crippen LogP contribution is 2.24. The van der Waals surface area contributed by atoms with Crippen LogP contribution in [-0.4, -0.2) is 44.4 Å². The largest absolute Gasteiger partial charge is 0.383 e. The second kappa shape index (κ2) is 7.41. The Balaban J connectivity index is 1.76. The van der Waals surface area contributed by atoms with Gasteiger partial charge in [0.05, 0.1) is 18.4 Å². The van der Waals surface area contributed by atoms with Crippen LogP contribution in [0.25, 0.3) is 5.65 Å². The number of rotatable bonds is 7. The molecule has 0 saturated heterocycles. The summed E-state index contributed by atoms with van der Waals surface area (Å²) in [4.78, 5) is 12.7. The molecule has 0 aliphatic heterocycles. The predicted octanol–water partition coefficient (Wildman–Crippen LogP) is 3.33. The minimum atomic E-state index is 0.0987. The third-order valence-corrected chi connectivity index (χ3v) is 5.19. The molecule has 3 aromatic rings. The van der Waals surface area contributed by atoms with Gasteiger partial charge in [-0.05, 0) is 39.0 Å². The van der Waals surface area contributed by atoms with E-state index in [2.05, 4.69) is 21.7 Å². The Morgan fingerprint density at radius 2 is 2.12 bits per heavy atom. The molecule has 0 saturated carbocycles. The number of ether oxygens (including phenoxy) is 1. The lowest BCUT2D eigenvalue weighted by Crippen LogP contribution is -2.14. The van der Waals surface area contributed by atoms with Crippen LogP contribution in [0.2, 0.25) is 0 Å². The molecule has 3 heterocycles. The van der Waals surface area contributed by atoms with Gasteiger partial charge in [0.1, 0.15) is 0 Å². The second-order valence-electron chi connectivity index (χ2n) is 6.08. The molecule has 132 valence electrons. The first-order valence-electron chi connectivity index (χ1n) is 8.16. The molecule has 0 N–H and O–H groups in total. The smallest absolute Gasteiger partial charge is 0.196 e. The number of carbonyl (C=O) groups excluding carboxylic acids is 1. The van der Waals surface area contributed by atoms with Gasteiger partial charge in [-0.25, -0.2) is 0 Å². The van der Waals surface area contributed by atoms with Crippen LogP contribution < -0.4 is 0 Å². The number of ketones is 1. The van der Waals surface area contributed by atoms with Crippen LogP contribution in [0.15, 0.2) is 35.6 Å². The molecule has 0 amide bonds. The third-order valence-electron chi connectivity index (χ3n) is 4.25. The fraction of sp³-hybridized carbons (Fsp3) is 0.389. The van der Waals surface area contributed by atoms with Crippen LogP contribution in [0.1, 0.15) is 34.7 Å². The van der Waals surface area contributed by atoms with Gasteiger partial charge in [0.2, 0.25) is 0 Å². The van der Waals surface area contributed by atoms with Gasteiger partial charge in [-0.15, -0.1) is 10.2 Å². The Kier molecular flexibility index (Phi) is 5.24. The van der Waals surface area contributed by atoms with E-state index in [1.54, 1.807) is 7.11 Å². The number of pyridine rings is 1. The van der Waals surface area contributed by atoms with Gasteiger partial charge in [-0.3, -0.25) is 9.20 Å². The molecule has 0 unspecified atom stereocenters. The molecule has 3 aromatic heterocycles. The molecule has 7 heteroatoms. The van der Waals surface area contributed by atoms with Gasteiger partial charge in [0.15, 0.2) is 16.6 Å². The standard InChI is InChI=1S/C18H22N4O2S/c1-12-9-15(14(3)22(12)13(2)10-24-4)16(23)11-25-18-20-19-17-7-5-6-8-21(17)18/h5-9,13H,10-11H2,1-4H3/t13-/m0/s1. The molecule has 25 heavy (non-hydrogen) atoms. The van der Waals surface area contributed by atoms with E-state index in [0.29, 0.717) is 12.4 Å². The summed E-state index contributed by atoms with van der Waals surface area (Å²) in [7, 11) is 1.69. The van der Waals surface area contributed by atoms with Crippen molar-refractivity contribution in [2.45, 2.75) is 32.0 Å². The molecule has 0 spiro atoms. The first-order chi connectivity index (χ1) is 12.0. The van der Waals surface area contributed by atoms with E-state index in [1.165, 1.54) is 11.8 Å². The topological polar surface area (TPSA) is 61.4 Å². The van der Waals surface area contributed by atoms with Crippen LogP contribution in [0.4, 0.5) is 0 Å². The Morgan fingerprint density at radius 1 is 1.32 bits per heavy atom. The number of thioether (sulfide) groups is 1. The van der Waals surface area contributed by atoms with Crippen molar-refractivity contribution in [3.8, 4) is 0 Å². The highest BCUT2D eigenvalue weighted by atomic mass is 32.2. The van der Waals surface area contributed by atoms with Crippen molar-refractivity contribution in [1.82, 2.24) is 19.2 Å². The Bertz CT molecular complexity index is 900. The maximum absolute atomic E-state index is 12.7.